The van der Waals surface area contributed by atoms with Gasteiger partial charge in [0.05, 0.1) is 29.4 Å². The molecular formula is C23H29N3O5S. The third-order valence-electron chi connectivity index (χ3n) is 4.91. The monoisotopic (exact) mass is 459 g/mol. The molecule has 2 N–H and O–H groups in total. The van der Waals surface area contributed by atoms with Crippen molar-refractivity contribution in [3.63, 3.8) is 0 Å². The highest BCUT2D eigenvalue weighted by Gasteiger charge is 2.25. The van der Waals surface area contributed by atoms with Gasteiger partial charge in [-0.3, -0.25) is 9.59 Å². The molecule has 8 nitrogen and oxygen atoms in total. The second kappa shape index (κ2) is 9.40. The van der Waals surface area contributed by atoms with Crippen LogP contribution < -0.4 is 10.0 Å². The Balaban J connectivity index is 1.88. The van der Waals surface area contributed by atoms with Gasteiger partial charge in [0, 0.05) is 24.2 Å². The third kappa shape index (κ3) is 5.73. The topological polar surface area (TPSA) is 105 Å². The van der Waals surface area contributed by atoms with Crippen LogP contribution in [0, 0.1) is 6.92 Å². The molecule has 1 saturated heterocycles. The Labute approximate surface area is 189 Å². The Bertz CT molecular complexity index is 1120. The molecule has 0 bridgehead atoms. The number of anilines is 1. The maximum atomic E-state index is 13.1. The number of aryl methyl sites for hydroxylation is 1. The number of nitrogens with one attached hydrogen (secondary N) is 2. The molecular weight excluding hydrogens is 430 g/mol. The zero-order valence-corrected chi connectivity index (χ0v) is 19.6. The summed E-state index contributed by atoms with van der Waals surface area (Å²) in [5, 5.41) is 2.78. The van der Waals surface area contributed by atoms with Crippen LogP contribution in [0.1, 0.15) is 47.1 Å². The molecule has 0 unspecified atom stereocenters. The maximum absolute atomic E-state index is 13.1. The smallest absolute Gasteiger partial charge is 0.256 e. The van der Waals surface area contributed by atoms with Crippen LogP contribution in [0.25, 0.3) is 0 Å². The SMILES string of the molecule is Cc1ccc(S(=O)(=O)NC(C)(C)C)cc1C(=O)Nc1ccccc1C(=O)N1CCOCC1. The Hall–Kier alpha value is -2.75. The van der Waals surface area contributed by atoms with E-state index in [1.54, 1.807) is 62.9 Å². The number of sulfonamides is 1. The number of para-hydroxylation sites is 1. The van der Waals surface area contributed by atoms with Crippen molar-refractivity contribution in [1.29, 1.82) is 0 Å². The third-order valence-corrected chi connectivity index (χ3v) is 6.66. The minimum Gasteiger partial charge on any atom is -0.378 e. The molecule has 2 aromatic rings. The van der Waals surface area contributed by atoms with Crippen LogP contribution in [0.5, 0.6) is 0 Å². The quantitative estimate of drug-likeness (QED) is 0.715. The van der Waals surface area contributed by atoms with Crippen molar-refractivity contribution in [2.24, 2.45) is 0 Å². The minimum absolute atomic E-state index is 0.000790. The van der Waals surface area contributed by atoms with Crippen LogP contribution in [0.4, 0.5) is 5.69 Å². The van der Waals surface area contributed by atoms with Crippen LogP contribution in [0.15, 0.2) is 47.4 Å². The summed E-state index contributed by atoms with van der Waals surface area (Å²) in [4.78, 5) is 27.7. The second-order valence-corrected chi connectivity index (χ2v) is 10.4. The van der Waals surface area contributed by atoms with Gasteiger partial charge in [0.1, 0.15) is 0 Å². The number of hydrogen-bond acceptors (Lipinski definition) is 5. The first-order valence-corrected chi connectivity index (χ1v) is 11.9. The van der Waals surface area contributed by atoms with E-state index in [0.29, 0.717) is 43.1 Å². The molecule has 172 valence electrons. The average Bonchev–Trinajstić information content (AvgIpc) is 2.72. The lowest BCUT2D eigenvalue weighted by atomic mass is 10.1. The summed E-state index contributed by atoms with van der Waals surface area (Å²) < 4.78 is 33.3. The Morgan fingerprint density at radius 1 is 1.00 bits per heavy atom. The predicted molar refractivity (Wildman–Crippen MR) is 122 cm³/mol. The van der Waals surface area contributed by atoms with Gasteiger partial charge in [0.2, 0.25) is 10.0 Å². The van der Waals surface area contributed by atoms with Crippen molar-refractivity contribution in [2.75, 3.05) is 31.6 Å². The van der Waals surface area contributed by atoms with Gasteiger partial charge >= 0.3 is 0 Å². The number of nitrogens with zero attached hydrogens (tertiary/aromatic N) is 1. The number of morpholine rings is 1. The molecule has 1 aliphatic rings. The number of carbonyl (C=O) groups excluding carboxylic acids is 2. The number of rotatable bonds is 5. The van der Waals surface area contributed by atoms with Gasteiger partial charge in [-0.15, -0.1) is 0 Å². The molecule has 1 heterocycles. The first-order valence-electron chi connectivity index (χ1n) is 10.4. The molecule has 2 amide bonds. The Kier molecular flexibility index (Phi) is 7.02. The van der Waals surface area contributed by atoms with E-state index < -0.39 is 21.5 Å². The van der Waals surface area contributed by atoms with E-state index in [1.165, 1.54) is 12.1 Å². The summed E-state index contributed by atoms with van der Waals surface area (Å²) in [7, 11) is -3.80. The lowest BCUT2D eigenvalue weighted by Crippen LogP contribution is -2.41. The first-order chi connectivity index (χ1) is 15.0. The lowest BCUT2D eigenvalue weighted by Gasteiger charge is -2.27. The van der Waals surface area contributed by atoms with Crippen molar-refractivity contribution < 1.29 is 22.7 Å². The highest BCUT2D eigenvalue weighted by molar-refractivity contribution is 7.89. The van der Waals surface area contributed by atoms with Gasteiger partial charge in [0.15, 0.2) is 0 Å². The second-order valence-electron chi connectivity index (χ2n) is 8.74. The molecule has 0 aromatic heterocycles. The van der Waals surface area contributed by atoms with Gasteiger partial charge in [-0.1, -0.05) is 18.2 Å². The number of amides is 2. The molecule has 3 rings (SSSR count). The molecule has 0 spiro atoms. The summed E-state index contributed by atoms with van der Waals surface area (Å²) >= 11 is 0. The summed E-state index contributed by atoms with van der Waals surface area (Å²) in [5.74, 6) is -0.677. The zero-order chi connectivity index (χ0) is 23.5. The van der Waals surface area contributed by atoms with Crippen molar-refractivity contribution in [3.05, 3.63) is 59.2 Å². The fourth-order valence-electron chi connectivity index (χ4n) is 3.38. The highest BCUT2D eigenvalue weighted by atomic mass is 32.2. The fourth-order valence-corrected chi connectivity index (χ4v) is 4.82. The minimum atomic E-state index is -3.80. The van der Waals surface area contributed by atoms with Gasteiger partial charge in [0.25, 0.3) is 11.8 Å². The van der Waals surface area contributed by atoms with Crippen LogP contribution in [-0.2, 0) is 14.8 Å². The Morgan fingerprint density at radius 3 is 2.31 bits per heavy atom. The molecule has 9 heteroatoms. The highest BCUT2D eigenvalue weighted by Crippen LogP contribution is 2.22. The van der Waals surface area contributed by atoms with Crippen molar-refractivity contribution >= 4 is 27.5 Å². The van der Waals surface area contributed by atoms with E-state index in [4.69, 9.17) is 4.74 Å². The maximum Gasteiger partial charge on any atom is 0.256 e. The van der Waals surface area contributed by atoms with Crippen LogP contribution in [0.3, 0.4) is 0 Å². The number of hydrogen-bond donors (Lipinski definition) is 2. The first kappa shape index (κ1) is 23.9. The average molecular weight is 460 g/mol. The summed E-state index contributed by atoms with van der Waals surface area (Å²) in [6, 6.07) is 11.2. The van der Waals surface area contributed by atoms with Crippen LogP contribution in [0.2, 0.25) is 0 Å². The summed E-state index contributed by atoms with van der Waals surface area (Å²) in [6.45, 7) is 8.89. The van der Waals surface area contributed by atoms with Gasteiger partial charge in [-0.2, -0.15) is 0 Å². The molecule has 0 atom stereocenters. The Morgan fingerprint density at radius 2 is 1.66 bits per heavy atom. The van der Waals surface area contributed by atoms with E-state index in [1.807, 2.05) is 0 Å². The standard InChI is InChI=1S/C23H29N3O5S/c1-16-9-10-17(32(29,30)25-23(2,3)4)15-19(16)21(27)24-20-8-6-5-7-18(20)22(28)26-11-13-31-14-12-26/h5-10,15,25H,11-14H2,1-4H3,(H,24,27). The number of ether oxygens (including phenoxy) is 1. The lowest BCUT2D eigenvalue weighted by molar-refractivity contribution is 0.0303. The summed E-state index contributed by atoms with van der Waals surface area (Å²) in [6.07, 6.45) is 0. The van der Waals surface area contributed by atoms with Crippen molar-refractivity contribution in [3.8, 4) is 0 Å². The van der Waals surface area contributed by atoms with Gasteiger partial charge < -0.3 is 15.0 Å². The molecule has 2 aromatic carbocycles. The zero-order valence-electron chi connectivity index (χ0n) is 18.8. The van der Waals surface area contributed by atoms with E-state index in [-0.39, 0.29) is 16.4 Å². The molecule has 32 heavy (non-hydrogen) atoms. The molecule has 0 saturated carbocycles. The molecule has 1 aliphatic heterocycles. The van der Waals surface area contributed by atoms with Crippen molar-refractivity contribution in [1.82, 2.24) is 9.62 Å². The van der Waals surface area contributed by atoms with E-state index in [9.17, 15) is 18.0 Å². The van der Waals surface area contributed by atoms with Crippen LogP contribution in [-0.4, -0.2) is 57.0 Å². The van der Waals surface area contributed by atoms with E-state index in [0.717, 1.165) is 0 Å². The molecule has 0 aliphatic carbocycles. The summed E-state index contributed by atoms with van der Waals surface area (Å²) in [5.41, 5.74) is 0.919. The molecule has 1 fully saturated rings. The normalized spacial score (nSPS) is 14.8. The van der Waals surface area contributed by atoms with Crippen molar-refractivity contribution in [2.45, 2.75) is 38.1 Å². The fraction of sp³-hybridized carbons (Fsp3) is 0.391. The molecule has 0 radical (unpaired) electrons. The number of benzene rings is 2. The number of carbonyl (C=O) groups is 2. The van der Waals surface area contributed by atoms with E-state index in [2.05, 4.69) is 10.0 Å². The predicted octanol–water partition coefficient (Wildman–Crippen LogP) is 2.80. The van der Waals surface area contributed by atoms with Crippen LogP contribution >= 0.6 is 0 Å². The van der Waals surface area contributed by atoms with Gasteiger partial charge in [-0.25, -0.2) is 13.1 Å². The van der Waals surface area contributed by atoms with E-state index >= 15 is 0 Å². The van der Waals surface area contributed by atoms with Gasteiger partial charge in [-0.05, 0) is 57.5 Å². The largest absolute Gasteiger partial charge is 0.378 e.